The van der Waals surface area contributed by atoms with Gasteiger partial charge in [-0.05, 0) is 25.7 Å². The van der Waals surface area contributed by atoms with Gasteiger partial charge in [-0.2, -0.15) is 5.26 Å². The molecule has 1 heterocycles. The Hall–Kier alpha value is -1.90. The third kappa shape index (κ3) is 2.35. The summed E-state index contributed by atoms with van der Waals surface area (Å²) < 4.78 is 0. The van der Waals surface area contributed by atoms with Crippen molar-refractivity contribution in [2.75, 3.05) is 6.54 Å². The molecule has 0 aromatic carbocycles. The lowest BCUT2D eigenvalue weighted by Crippen LogP contribution is -2.49. The summed E-state index contributed by atoms with van der Waals surface area (Å²) in [7, 11) is 0. The highest BCUT2D eigenvalue weighted by atomic mass is 16.2. The lowest BCUT2D eigenvalue weighted by molar-refractivity contribution is -0.142. The molecule has 0 radical (unpaired) electrons. The van der Waals surface area contributed by atoms with E-state index in [2.05, 4.69) is 11.4 Å². The van der Waals surface area contributed by atoms with Crippen molar-refractivity contribution in [2.45, 2.75) is 44.1 Å². The first-order valence-electron chi connectivity index (χ1n) is 6.12. The molecule has 1 N–H and O–H groups in total. The van der Waals surface area contributed by atoms with E-state index < -0.39 is 11.4 Å². The molecule has 1 aliphatic carbocycles. The standard InChI is InChI=1S/C12H15N3O3/c13-8-12(5-1-2-6-12)14-9(16)7-15-10(17)3-4-11(15)18/h1-7H2,(H,14,16). The summed E-state index contributed by atoms with van der Waals surface area (Å²) in [5.74, 6) is -1.05. The van der Waals surface area contributed by atoms with Gasteiger partial charge in [0.2, 0.25) is 17.7 Å². The van der Waals surface area contributed by atoms with Crippen LogP contribution in [-0.4, -0.2) is 34.7 Å². The molecule has 6 heteroatoms. The number of imide groups is 1. The van der Waals surface area contributed by atoms with Crippen LogP contribution in [0.1, 0.15) is 38.5 Å². The molecule has 0 aromatic rings. The van der Waals surface area contributed by atoms with Gasteiger partial charge in [-0.1, -0.05) is 0 Å². The number of likely N-dealkylation sites (tertiary alicyclic amines) is 1. The molecular formula is C12H15N3O3. The monoisotopic (exact) mass is 249 g/mol. The second-order valence-electron chi connectivity index (χ2n) is 4.82. The second-order valence-corrected chi connectivity index (χ2v) is 4.82. The third-order valence-corrected chi connectivity index (χ3v) is 3.51. The molecule has 1 aliphatic heterocycles. The molecule has 3 amide bonds. The average molecular weight is 249 g/mol. The topological polar surface area (TPSA) is 90.3 Å². The molecule has 0 atom stereocenters. The molecule has 0 unspecified atom stereocenters. The minimum absolute atomic E-state index is 0.176. The molecule has 1 saturated heterocycles. The Kier molecular flexibility index (Phi) is 3.32. The van der Waals surface area contributed by atoms with E-state index in [0.717, 1.165) is 17.7 Å². The number of amides is 3. The quantitative estimate of drug-likeness (QED) is 0.717. The maximum Gasteiger partial charge on any atom is 0.241 e. The van der Waals surface area contributed by atoms with E-state index in [9.17, 15) is 14.4 Å². The average Bonchev–Trinajstić information content (AvgIpc) is 2.92. The zero-order valence-electron chi connectivity index (χ0n) is 10.1. The van der Waals surface area contributed by atoms with Crippen LogP contribution in [0.25, 0.3) is 0 Å². The van der Waals surface area contributed by atoms with E-state index in [1.165, 1.54) is 0 Å². The lowest BCUT2D eigenvalue weighted by atomic mass is 10.00. The first-order chi connectivity index (χ1) is 8.56. The summed E-state index contributed by atoms with van der Waals surface area (Å²) in [6.45, 7) is -0.263. The Balaban J connectivity index is 1.95. The summed E-state index contributed by atoms with van der Waals surface area (Å²) in [6.07, 6.45) is 3.45. The summed E-state index contributed by atoms with van der Waals surface area (Å²) in [6, 6.07) is 2.14. The van der Waals surface area contributed by atoms with Gasteiger partial charge in [0.25, 0.3) is 0 Å². The van der Waals surface area contributed by atoms with Gasteiger partial charge in [0.05, 0.1) is 6.07 Å². The predicted octanol–water partition coefficient (Wildman–Crippen LogP) is 0.0880. The number of nitriles is 1. The summed E-state index contributed by atoms with van der Waals surface area (Å²) >= 11 is 0. The number of carbonyl (C=O) groups excluding carboxylic acids is 3. The van der Waals surface area contributed by atoms with Crippen LogP contribution in [0.4, 0.5) is 0 Å². The summed E-state index contributed by atoms with van der Waals surface area (Å²) in [4.78, 5) is 35.5. The lowest BCUT2D eigenvalue weighted by Gasteiger charge is -2.23. The van der Waals surface area contributed by atoms with E-state index in [-0.39, 0.29) is 31.2 Å². The van der Waals surface area contributed by atoms with Crippen LogP contribution < -0.4 is 5.32 Å². The highest BCUT2D eigenvalue weighted by Gasteiger charge is 2.37. The van der Waals surface area contributed by atoms with Gasteiger partial charge in [0.15, 0.2) is 0 Å². The van der Waals surface area contributed by atoms with E-state index in [4.69, 9.17) is 5.26 Å². The first-order valence-corrected chi connectivity index (χ1v) is 6.12. The van der Waals surface area contributed by atoms with Crippen molar-refractivity contribution in [3.8, 4) is 6.07 Å². The van der Waals surface area contributed by atoms with Crippen molar-refractivity contribution in [2.24, 2.45) is 0 Å². The summed E-state index contributed by atoms with van der Waals surface area (Å²) in [5, 5.41) is 11.8. The largest absolute Gasteiger partial charge is 0.336 e. The second kappa shape index (κ2) is 4.77. The molecule has 2 fully saturated rings. The van der Waals surface area contributed by atoms with Crippen molar-refractivity contribution in [1.82, 2.24) is 10.2 Å². The van der Waals surface area contributed by atoms with Gasteiger partial charge in [0, 0.05) is 12.8 Å². The number of hydrogen-bond donors (Lipinski definition) is 1. The van der Waals surface area contributed by atoms with E-state index in [1.807, 2.05) is 0 Å². The Bertz CT molecular complexity index is 416. The number of rotatable bonds is 3. The van der Waals surface area contributed by atoms with Gasteiger partial charge in [-0.25, -0.2) is 0 Å². The molecule has 18 heavy (non-hydrogen) atoms. The minimum Gasteiger partial charge on any atom is -0.336 e. The SMILES string of the molecule is N#CC1(NC(=O)CN2C(=O)CCC2=O)CCCC1. The predicted molar refractivity (Wildman–Crippen MR) is 60.9 cm³/mol. The van der Waals surface area contributed by atoms with Gasteiger partial charge in [-0.3, -0.25) is 19.3 Å². The zero-order valence-corrected chi connectivity index (χ0v) is 10.1. The fourth-order valence-corrected chi connectivity index (χ4v) is 2.49. The van der Waals surface area contributed by atoms with E-state index in [1.54, 1.807) is 0 Å². The van der Waals surface area contributed by atoms with Crippen molar-refractivity contribution in [1.29, 1.82) is 5.26 Å². The molecule has 2 aliphatic rings. The van der Waals surface area contributed by atoms with Crippen molar-refractivity contribution >= 4 is 17.7 Å². The highest BCUT2D eigenvalue weighted by Crippen LogP contribution is 2.28. The number of hydrogen-bond acceptors (Lipinski definition) is 4. The molecule has 96 valence electrons. The van der Waals surface area contributed by atoms with Crippen LogP contribution in [0, 0.1) is 11.3 Å². The maximum atomic E-state index is 11.8. The molecule has 0 aromatic heterocycles. The molecule has 0 bridgehead atoms. The van der Waals surface area contributed by atoms with E-state index in [0.29, 0.717) is 12.8 Å². The van der Waals surface area contributed by atoms with Gasteiger partial charge in [0.1, 0.15) is 12.1 Å². The maximum absolute atomic E-state index is 11.8. The van der Waals surface area contributed by atoms with Crippen LogP contribution in [0.2, 0.25) is 0 Å². The Labute approximate surface area is 105 Å². The summed E-state index contributed by atoms with van der Waals surface area (Å²) in [5.41, 5.74) is -0.803. The molecule has 1 saturated carbocycles. The van der Waals surface area contributed by atoms with Gasteiger partial charge < -0.3 is 5.32 Å². The van der Waals surface area contributed by atoms with Crippen LogP contribution in [0.5, 0.6) is 0 Å². The van der Waals surface area contributed by atoms with Crippen LogP contribution >= 0.6 is 0 Å². The Morgan fingerprint density at radius 1 is 1.28 bits per heavy atom. The van der Waals surface area contributed by atoms with E-state index >= 15 is 0 Å². The third-order valence-electron chi connectivity index (χ3n) is 3.51. The fourth-order valence-electron chi connectivity index (χ4n) is 2.49. The fraction of sp³-hybridized carbons (Fsp3) is 0.667. The van der Waals surface area contributed by atoms with Gasteiger partial charge in [-0.15, -0.1) is 0 Å². The number of nitrogens with zero attached hydrogens (tertiary/aromatic N) is 2. The highest BCUT2D eigenvalue weighted by molar-refractivity contribution is 6.04. The van der Waals surface area contributed by atoms with Crippen LogP contribution in [0.3, 0.4) is 0 Å². The Morgan fingerprint density at radius 2 is 1.83 bits per heavy atom. The molecule has 0 spiro atoms. The zero-order chi connectivity index (χ0) is 13.2. The van der Waals surface area contributed by atoms with Crippen LogP contribution in [0.15, 0.2) is 0 Å². The molecule has 2 rings (SSSR count). The number of carbonyl (C=O) groups is 3. The van der Waals surface area contributed by atoms with Crippen LogP contribution in [-0.2, 0) is 14.4 Å². The van der Waals surface area contributed by atoms with Gasteiger partial charge >= 0.3 is 0 Å². The first kappa shape index (κ1) is 12.6. The Morgan fingerprint density at radius 3 is 2.33 bits per heavy atom. The molecular weight excluding hydrogens is 234 g/mol. The minimum atomic E-state index is -0.803. The van der Waals surface area contributed by atoms with Crippen molar-refractivity contribution in [3.63, 3.8) is 0 Å². The smallest absolute Gasteiger partial charge is 0.241 e. The van der Waals surface area contributed by atoms with Crippen molar-refractivity contribution < 1.29 is 14.4 Å². The molecule has 6 nitrogen and oxygen atoms in total. The number of nitrogens with one attached hydrogen (secondary N) is 1. The van der Waals surface area contributed by atoms with Crippen molar-refractivity contribution in [3.05, 3.63) is 0 Å². The normalized spacial score (nSPS) is 22.1.